The molecule has 2 aromatic heterocycles. The summed E-state index contributed by atoms with van der Waals surface area (Å²) in [6.45, 7) is 12.5. The van der Waals surface area contributed by atoms with Gasteiger partial charge in [0.15, 0.2) is 11.6 Å². The first-order valence-electron chi connectivity index (χ1n) is 18.3. The van der Waals surface area contributed by atoms with Crippen LogP contribution in [0.5, 0.6) is 0 Å². The van der Waals surface area contributed by atoms with E-state index in [1.807, 2.05) is 60.7 Å². The van der Waals surface area contributed by atoms with Crippen LogP contribution in [0.3, 0.4) is 0 Å². The monoisotopic (exact) mass is 816 g/mol. The average molecular weight is 818 g/mol. The van der Waals surface area contributed by atoms with Crippen molar-refractivity contribution in [3.8, 4) is 22.8 Å². The minimum atomic E-state index is 0.725. The molecule has 2 aliphatic rings. The highest BCUT2D eigenvalue weighted by Crippen LogP contribution is 2.27. The van der Waals surface area contributed by atoms with Crippen LogP contribution in [-0.2, 0) is 12.8 Å². The summed E-state index contributed by atoms with van der Waals surface area (Å²) < 4.78 is 9.04. The molecule has 2 aliphatic heterocycles. The number of rotatable bonds is 10. The zero-order valence-electron chi connectivity index (χ0n) is 30.3. The molecule has 0 N–H and O–H groups in total. The predicted octanol–water partition coefficient (Wildman–Crippen LogP) is 9.41. The third kappa shape index (κ3) is 10.8. The van der Waals surface area contributed by atoms with Crippen molar-refractivity contribution in [2.45, 2.75) is 19.8 Å². The fraction of sp³-hybridized carbons (Fsp3) is 0.317. The SMILES string of the molecule is Cc1cccc(CCN2CCN(c3nc(-c4ccc(Cl)cc4)ns3)CC2)c1.Clc1ccc(-c2nsc(N3CCN(CCc4cccc(Cl)c4)CC3)n2)cc1. The Hall–Kier alpha value is -3.61. The minimum absolute atomic E-state index is 0.725. The molecule has 4 heterocycles. The molecule has 13 heteroatoms. The first kappa shape index (κ1) is 38.7. The Morgan fingerprint density at radius 1 is 0.519 bits per heavy atom. The topological polar surface area (TPSA) is 64.5 Å². The number of hydrogen-bond acceptors (Lipinski definition) is 10. The van der Waals surface area contributed by atoms with Gasteiger partial charge in [0.1, 0.15) is 0 Å². The maximum atomic E-state index is 6.07. The maximum absolute atomic E-state index is 6.07. The predicted molar refractivity (Wildman–Crippen MR) is 228 cm³/mol. The number of piperazine rings is 2. The second-order valence-electron chi connectivity index (χ2n) is 13.6. The molecular weight excluding hydrogens is 775 g/mol. The van der Waals surface area contributed by atoms with Gasteiger partial charge < -0.3 is 9.80 Å². The normalized spacial score (nSPS) is 15.3. The van der Waals surface area contributed by atoms with E-state index in [2.05, 4.69) is 71.7 Å². The van der Waals surface area contributed by atoms with Crippen LogP contribution in [0.15, 0.2) is 97.1 Å². The fourth-order valence-corrected chi connectivity index (χ4v) is 8.52. The van der Waals surface area contributed by atoms with E-state index in [1.165, 1.54) is 39.8 Å². The highest BCUT2D eigenvalue weighted by Gasteiger charge is 2.22. The number of anilines is 2. The number of aromatic nitrogens is 4. The van der Waals surface area contributed by atoms with E-state index in [1.54, 1.807) is 0 Å². The van der Waals surface area contributed by atoms with Crippen LogP contribution in [0.2, 0.25) is 15.1 Å². The zero-order chi connectivity index (χ0) is 37.3. The molecule has 54 heavy (non-hydrogen) atoms. The Kier molecular flexibility index (Phi) is 13.5. The fourth-order valence-electron chi connectivity index (χ4n) is 6.58. The van der Waals surface area contributed by atoms with Crippen molar-refractivity contribution in [1.82, 2.24) is 28.5 Å². The van der Waals surface area contributed by atoms with Crippen molar-refractivity contribution in [1.29, 1.82) is 0 Å². The van der Waals surface area contributed by atoms with E-state index >= 15 is 0 Å². The molecule has 0 amide bonds. The lowest BCUT2D eigenvalue weighted by Crippen LogP contribution is -2.47. The van der Waals surface area contributed by atoms with Gasteiger partial charge in [-0.05, 0) is 91.6 Å². The number of nitrogens with zero attached hydrogens (tertiary/aromatic N) is 8. The minimum Gasteiger partial charge on any atom is -0.344 e. The lowest BCUT2D eigenvalue weighted by Gasteiger charge is -2.34. The van der Waals surface area contributed by atoms with Crippen molar-refractivity contribution in [2.75, 3.05) is 75.2 Å². The Labute approximate surface area is 341 Å². The number of aryl methyl sites for hydroxylation is 1. The molecule has 0 saturated carbocycles. The van der Waals surface area contributed by atoms with E-state index in [9.17, 15) is 0 Å². The van der Waals surface area contributed by atoms with Gasteiger partial charge in [0.05, 0.1) is 0 Å². The molecule has 0 unspecified atom stereocenters. The second-order valence-corrected chi connectivity index (χ2v) is 16.4. The van der Waals surface area contributed by atoms with Crippen LogP contribution in [-0.4, -0.2) is 94.0 Å². The number of hydrogen-bond donors (Lipinski definition) is 0. The maximum Gasteiger partial charge on any atom is 0.205 e. The third-order valence-corrected chi connectivity index (χ3v) is 12.0. The van der Waals surface area contributed by atoms with Gasteiger partial charge in [-0.2, -0.15) is 18.7 Å². The quantitative estimate of drug-likeness (QED) is 0.136. The van der Waals surface area contributed by atoms with Crippen LogP contribution < -0.4 is 9.80 Å². The van der Waals surface area contributed by atoms with Crippen LogP contribution in [0.25, 0.3) is 22.8 Å². The largest absolute Gasteiger partial charge is 0.344 e. The van der Waals surface area contributed by atoms with Crippen molar-refractivity contribution in [3.63, 3.8) is 0 Å². The number of halogens is 3. The van der Waals surface area contributed by atoms with Gasteiger partial charge in [-0.15, -0.1) is 0 Å². The van der Waals surface area contributed by atoms with Gasteiger partial charge in [0.25, 0.3) is 0 Å². The van der Waals surface area contributed by atoms with Gasteiger partial charge >= 0.3 is 0 Å². The summed E-state index contributed by atoms with van der Waals surface area (Å²) >= 11 is 20.9. The van der Waals surface area contributed by atoms with Crippen molar-refractivity contribution < 1.29 is 0 Å². The molecule has 0 aliphatic carbocycles. The van der Waals surface area contributed by atoms with Crippen molar-refractivity contribution in [2.24, 2.45) is 0 Å². The molecule has 0 atom stereocenters. The molecule has 8 nitrogen and oxygen atoms in total. The molecule has 4 aromatic carbocycles. The average Bonchev–Trinajstić information content (AvgIpc) is 3.90. The summed E-state index contributed by atoms with van der Waals surface area (Å²) in [6.07, 6.45) is 2.14. The van der Waals surface area contributed by atoms with Gasteiger partial charge in [-0.3, -0.25) is 9.80 Å². The van der Waals surface area contributed by atoms with Crippen molar-refractivity contribution >= 4 is 68.1 Å². The van der Waals surface area contributed by atoms with E-state index in [0.717, 1.165) is 126 Å². The lowest BCUT2D eigenvalue weighted by molar-refractivity contribution is 0.261. The summed E-state index contributed by atoms with van der Waals surface area (Å²) in [5.74, 6) is 1.56. The summed E-state index contributed by atoms with van der Waals surface area (Å²) in [7, 11) is 0. The standard InChI is InChI=1S/C21H23ClN4S.C20H20Cl2N4S/c1-16-3-2-4-17(15-16)9-10-25-11-13-26(14-12-25)21-23-20(24-27-21)18-5-7-19(22)8-6-18;21-17-6-4-16(5-7-17)19-23-20(27-24-19)26-12-10-25(11-13-26)9-8-15-2-1-3-18(22)14-15/h2-8,15H,9-14H2,1H3;1-7,14H,8-13H2. The van der Waals surface area contributed by atoms with Gasteiger partial charge in [0.2, 0.25) is 10.3 Å². The van der Waals surface area contributed by atoms with Crippen LogP contribution >= 0.6 is 57.9 Å². The van der Waals surface area contributed by atoms with E-state index in [4.69, 9.17) is 44.8 Å². The summed E-state index contributed by atoms with van der Waals surface area (Å²) in [4.78, 5) is 19.2. The molecule has 0 radical (unpaired) electrons. The first-order chi connectivity index (χ1) is 26.3. The summed E-state index contributed by atoms with van der Waals surface area (Å²) in [6, 6.07) is 32.3. The summed E-state index contributed by atoms with van der Waals surface area (Å²) in [5, 5.41) is 4.27. The van der Waals surface area contributed by atoms with E-state index in [0.29, 0.717) is 0 Å². The smallest absolute Gasteiger partial charge is 0.205 e. The highest BCUT2D eigenvalue weighted by molar-refractivity contribution is 7.10. The molecule has 2 fully saturated rings. The summed E-state index contributed by atoms with van der Waals surface area (Å²) in [5.41, 5.74) is 6.07. The Morgan fingerprint density at radius 2 is 0.963 bits per heavy atom. The van der Waals surface area contributed by atoms with E-state index < -0.39 is 0 Å². The molecule has 0 bridgehead atoms. The van der Waals surface area contributed by atoms with Gasteiger partial charge in [-0.1, -0.05) is 76.8 Å². The van der Waals surface area contributed by atoms with Crippen LogP contribution in [0, 0.1) is 6.92 Å². The van der Waals surface area contributed by atoms with Gasteiger partial charge in [0, 0.05) is 115 Å². The molecule has 0 spiro atoms. The third-order valence-electron chi connectivity index (χ3n) is 9.73. The molecular formula is C41H43Cl3N8S2. The van der Waals surface area contributed by atoms with Gasteiger partial charge in [-0.25, -0.2) is 0 Å². The van der Waals surface area contributed by atoms with Crippen LogP contribution in [0.1, 0.15) is 16.7 Å². The molecule has 6 aromatic rings. The highest BCUT2D eigenvalue weighted by atomic mass is 35.5. The Morgan fingerprint density at radius 3 is 1.41 bits per heavy atom. The zero-order valence-corrected chi connectivity index (χ0v) is 34.2. The first-order valence-corrected chi connectivity index (χ1v) is 21.0. The number of benzene rings is 4. The van der Waals surface area contributed by atoms with Crippen LogP contribution in [0.4, 0.5) is 10.3 Å². The Balaban J connectivity index is 0.000000167. The Bertz CT molecular complexity index is 1920. The second kappa shape index (κ2) is 18.8. The van der Waals surface area contributed by atoms with E-state index in [-0.39, 0.29) is 0 Å². The molecule has 2 saturated heterocycles. The van der Waals surface area contributed by atoms with Crippen molar-refractivity contribution in [3.05, 3.63) is 129 Å². The molecule has 280 valence electrons. The lowest BCUT2D eigenvalue weighted by atomic mass is 10.1. The molecule has 8 rings (SSSR count).